The van der Waals surface area contributed by atoms with Crippen molar-refractivity contribution in [3.8, 4) is 0 Å². The fourth-order valence-electron chi connectivity index (χ4n) is 2.82. The summed E-state index contributed by atoms with van der Waals surface area (Å²) in [5.74, 6) is 0.0491. The van der Waals surface area contributed by atoms with E-state index in [1.807, 2.05) is 0 Å². The first-order chi connectivity index (χ1) is 15.0. The number of nitrogens with two attached hydrogens (primary N) is 1. The van der Waals surface area contributed by atoms with E-state index >= 15 is 4.39 Å². The number of hydrogen-bond donors (Lipinski definition) is 6. The van der Waals surface area contributed by atoms with Gasteiger partial charge in [-0.3, -0.25) is 4.52 Å². The minimum Gasteiger partial charge on any atom is -0.386 e. The monoisotopic (exact) mass is 537 g/mol. The molecule has 2 unspecified atom stereocenters. The van der Waals surface area contributed by atoms with Gasteiger partial charge in [0.15, 0.2) is 12.4 Å². The van der Waals surface area contributed by atoms with Gasteiger partial charge in [0.25, 0.3) is 0 Å². The number of rotatable bonds is 10. The summed E-state index contributed by atoms with van der Waals surface area (Å²) in [6.45, 7) is 4.19. The zero-order chi connectivity index (χ0) is 25.2. The minimum absolute atomic E-state index is 0.0296. The van der Waals surface area contributed by atoms with Crippen LogP contribution in [0.1, 0.15) is 13.3 Å². The molecule has 0 bridgehead atoms. The average molecular weight is 537 g/mol. The van der Waals surface area contributed by atoms with E-state index in [4.69, 9.17) is 20.3 Å². The Morgan fingerprint density at radius 2 is 1.94 bits per heavy atom. The lowest BCUT2D eigenvalue weighted by Gasteiger charge is -2.32. The fraction of sp³-hybridized carbons (Fsp3) is 0.500. The van der Waals surface area contributed by atoms with Crippen molar-refractivity contribution in [3.63, 3.8) is 0 Å². The zero-order valence-corrected chi connectivity index (χ0v) is 19.6. The molecule has 0 aromatic rings. The first kappa shape index (κ1) is 28.0. The molecular formula is C14H23FN3O12P3. The molecule has 7 N–H and O–H groups in total. The second-order valence-corrected chi connectivity index (χ2v) is 11.1. The molecular weight excluding hydrogens is 514 g/mol. The Balaban J connectivity index is 2.24. The summed E-state index contributed by atoms with van der Waals surface area (Å²) in [6.07, 6.45) is -0.104. The maximum absolute atomic E-state index is 15.0. The van der Waals surface area contributed by atoms with E-state index in [-0.39, 0.29) is 11.7 Å². The lowest BCUT2D eigenvalue weighted by Crippen LogP contribution is -2.44. The number of aliphatic hydroxyl groups excluding tert-OH is 1. The van der Waals surface area contributed by atoms with E-state index in [9.17, 15) is 28.6 Å². The van der Waals surface area contributed by atoms with E-state index in [2.05, 4.69) is 24.7 Å². The van der Waals surface area contributed by atoms with E-state index < -0.39 is 54.2 Å². The molecule has 0 amide bonds. The van der Waals surface area contributed by atoms with Crippen LogP contribution in [0.15, 0.2) is 41.8 Å². The van der Waals surface area contributed by atoms with Crippen molar-refractivity contribution in [1.29, 1.82) is 0 Å². The lowest BCUT2D eigenvalue weighted by atomic mass is 9.95. The van der Waals surface area contributed by atoms with Crippen LogP contribution in [0.25, 0.3) is 0 Å². The summed E-state index contributed by atoms with van der Waals surface area (Å²) in [5.41, 5.74) is 3.43. The molecule has 2 rings (SSSR count). The van der Waals surface area contributed by atoms with Crippen LogP contribution in [0.2, 0.25) is 0 Å². The number of hydrogen-bond acceptors (Lipinski definition) is 11. The predicted octanol–water partition coefficient (Wildman–Crippen LogP) is 0.748. The number of phosphoric acid groups is 3. The van der Waals surface area contributed by atoms with Crippen LogP contribution in [0, 0.1) is 0 Å². The number of allylic oxidation sites excluding steroid dienone is 1. The Morgan fingerprint density at radius 1 is 1.30 bits per heavy atom. The molecule has 0 aromatic heterocycles. The number of halogens is 1. The molecule has 0 aromatic carbocycles. The molecule has 0 radical (unpaired) electrons. The number of nitrogens with zero attached hydrogens (tertiary/aromatic N) is 2. The highest BCUT2D eigenvalue weighted by Crippen LogP contribution is 2.66. The quantitative estimate of drug-likeness (QED) is 0.167. The van der Waals surface area contributed by atoms with Gasteiger partial charge in [0, 0.05) is 6.20 Å². The molecule has 1 saturated heterocycles. The predicted molar refractivity (Wildman–Crippen MR) is 109 cm³/mol. The number of ether oxygens (including phenoxy) is 1. The van der Waals surface area contributed by atoms with Crippen molar-refractivity contribution in [1.82, 2.24) is 4.90 Å². The molecule has 0 spiro atoms. The van der Waals surface area contributed by atoms with E-state index in [1.165, 1.54) is 18.4 Å². The molecule has 19 heteroatoms. The van der Waals surface area contributed by atoms with Crippen LogP contribution < -0.4 is 5.73 Å². The van der Waals surface area contributed by atoms with Crippen LogP contribution in [-0.4, -0.2) is 66.1 Å². The molecule has 15 nitrogen and oxygen atoms in total. The first-order valence-corrected chi connectivity index (χ1v) is 13.5. The Morgan fingerprint density at radius 3 is 2.48 bits per heavy atom. The summed E-state index contributed by atoms with van der Waals surface area (Å²) >= 11 is 0. The lowest BCUT2D eigenvalue weighted by molar-refractivity contribution is -0.104. The van der Waals surface area contributed by atoms with E-state index in [0.29, 0.717) is 6.42 Å². The Hall–Kier alpha value is -1.25. The van der Waals surface area contributed by atoms with Gasteiger partial charge in [-0.25, -0.2) is 23.1 Å². The Labute approximate surface area is 187 Å². The zero-order valence-electron chi connectivity index (χ0n) is 16.9. The van der Waals surface area contributed by atoms with Gasteiger partial charge in [0.05, 0.1) is 6.61 Å². The largest absolute Gasteiger partial charge is 0.490 e. The summed E-state index contributed by atoms with van der Waals surface area (Å²) in [6, 6.07) is 0. The van der Waals surface area contributed by atoms with Gasteiger partial charge in [0.2, 0.25) is 0 Å². The maximum Gasteiger partial charge on any atom is 0.490 e. The van der Waals surface area contributed by atoms with Crippen molar-refractivity contribution < 1.29 is 60.6 Å². The highest BCUT2D eigenvalue weighted by atomic mass is 31.3. The number of aliphatic imine (C=N–C) groups is 1. The van der Waals surface area contributed by atoms with Gasteiger partial charge in [-0.05, 0) is 12.5 Å². The Kier molecular flexibility index (Phi) is 8.62. The average Bonchev–Trinajstić information content (AvgIpc) is 2.88. The van der Waals surface area contributed by atoms with Gasteiger partial charge >= 0.3 is 23.5 Å². The summed E-state index contributed by atoms with van der Waals surface area (Å²) in [7, 11) is -16.9. The summed E-state index contributed by atoms with van der Waals surface area (Å²) in [4.78, 5) is 41.1. The SMILES string of the molecule is C=C1N=C(N)C=CN1[C@@H]1O[C@](/C=C/CC)(COP(=O)(O)OP(=O)(O)OP(=O)(O)O)[C@@H](O)[C@H]1F. The highest BCUT2D eigenvalue weighted by Gasteiger charge is 2.57. The third-order valence-electron chi connectivity index (χ3n) is 4.16. The van der Waals surface area contributed by atoms with Gasteiger partial charge in [-0.15, -0.1) is 0 Å². The van der Waals surface area contributed by atoms with Crippen molar-refractivity contribution in [3.05, 3.63) is 36.8 Å². The molecule has 2 aliphatic rings. The Bertz CT molecular complexity index is 999. The third-order valence-corrected chi connectivity index (χ3v) is 7.94. The molecule has 2 aliphatic heterocycles. The molecule has 1 fully saturated rings. The van der Waals surface area contributed by atoms with Crippen LogP contribution in [0.5, 0.6) is 0 Å². The van der Waals surface area contributed by atoms with Gasteiger partial charge in [0.1, 0.15) is 23.4 Å². The fourth-order valence-corrected chi connectivity index (χ4v) is 5.88. The van der Waals surface area contributed by atoms with E-state index in [0.717, 1.165) is 11.0 Å². The van der Waals surface area contributed by atoms with Crippen LogP contribution in [0.3, 0.4) is 0 Å². The van der Waals surface area contributed by atoms with Crippen molar-refractivity contribution in [2.45, 2.75) is 37.4 Å². The first-order valence-electron chi connectivity index (χ1n) is 8.96. The van der Waals surface area contributed by atoms with Crippen molar-refractivity contribution in [2.75, 3.05) is 6.61 Å². The van der Waals surface area contributed by atoms with Crippen LogP contribution in [0.4, 0.5) is 4.39 Å². The third kappa shape index (κ3) is 7.36. The summed E-state index contributed by atoms with van der Waals surface area (Å²) in [5, 5.41) is 10.5. The smallest absolute Gasteiger partial charge is 0.386 e. The normalized spacial score (nSPS) is 32.1. The molecule has 0 aliphatic carbocycles. The summed E-state index contributed by atoms with van der Waals surface area (Å²) < 4.78 is 66.7. The number of aliphatic hydroxyl groups is 1. The topological polar surface area (TPSA) is 231 Å². The van der Waals surface area contributed by atoms with Gasteiger partial charge in [-0.2, -0.15) is 8.62 Å². The van der Waals surface area contributed by atoms with Gasteiger partial charge in [-0.1, -0.05) is 25.7 Å². The highest BCUT2D eigenvalue weighted by molar-refractivity contribution is 7.66. The number of amidine groups is 1. The number of phosphoric ester groups is 1. The van der Waals surface area contributed by atoms with Gasteiger partial charge < -0.3 is 40.1 Å². The van der Waals surface area contributed by atoms with Crippen LogP contribution >= 0.6 is 23.5 Å². The molecule has 33 heavy (non-hydrogen) atoms. The van der Waals surface area contributed by atoms with Crippen molar-refractivity contribution >= 4 is 29.3 Å². The second-order valence-electron chi connectivity index (χ2n) is 6.70. The molecule has 0 saturated carbocycles. The molecule has 6 atom stereocenters. The maximum atomic E-state index is 15.0. The van der Waals surface area contributed by atoms with Crippen LogP contribution in [-0.2, 0) is 31.6 Å². The minimum atomic E-state index is -5.77. The molecule has 2 heterocycles. The van der Waals surface area contributed by atoms with Crippen molar-refractivity contribution in [2.24, 2.45) is 10.7 Å². The number of alkyl halides is 1. The van der Waals surface area contributed by atoms with E-state index in [1.54, 1.807) is 6.92 Å². The second kappa shape index (κ2) is 10.2. The standard InChI is InChI=1S/C14H23FN3O12P3/c1-3-4-6-14(8-27-32(23,24)30-33(25,26)29-31(20,21)22)12(19)11(15)13(28-14)18-7-5-10(16)17-9(18)2/h4-7,11-13,19H,2-3,8H2,1H3,(H2,16,17)(H,23,24)(H,25,26)(H2,20,21,22)/b6-4+/t11-,12+,13-,14-/m1/s1. The molecule has 188 valence electrons.